The second-order valence-electron chi connectivity index (χ2n) is 4.35. The van der Waals surface area contributed by atoms with E-state index in [-0.39, 0.29) is 0 Å². The van der Waals surface area contributed by atoms with Gasteiger partial charge in [0.05, 0.1) is 9.35 Å². The van der Waals surface area contributed by atoms with Crippen LogP contribution in [0.2, 0.25) is 0 Å². The lowest BCUT2D eigenvalue weighted by molar-refractivity contribution is 0.484. The van der Waals surface area contributed by atoms with Crippen molar-refractivity contribution in [1.29, 1.82) is 0 Å². The number of hydrogen-bond donors (Lipinski definition) is 1. The molecule has 0 aliphatic carbocycles. The Balaban J connectivity index is 1.86. The van der Waals surface area contributed by atoms with Gasteiger partial charge in [-0.2, -0.15) is 0 Å². The fraction of sp³-hybridized carbons (Fsp3) is 0.500. The summed E-state index contributed by atoms with van der Waals surface area (Å²) in [6, 6.07) is 2.51. The normalized spacial score (nSPS) is 11.3. The Kier molecular flexibility index (Phi) is 4.91. The number of rotatable bonds is 6. The minimum Gasteiger partial charge on any atom is -0.421 e. The lowest BCUT2D eigenvalue weighted by Crippen LogP contribution is -2.23. The molecule has 2 aromatic heterocycles. The third-order valence-electron chi connectivity index (χ3n) is 2.40. The lowest BCUT2D eigenvalue weighted by Gasteiger charge is -2.05. The van der Waals surface area contributed by atoms with Crippen molar-refractivity contribution in [3.63, 3.8) is 0 Å². The van der Waals surface area contributed by atoms with Crippen LogP contribution < -0.4 is 5.32 Å². The smallest absolute Gasteiger partial charge is 0.248 e. The molecule has 0 saturated heterocycles. The van der Waals surface area contributed by atoms with Crippen LogP contribution >= 0.6 is 27.3 Å². The van der Waals surface area contributed by atoms with E-state index in [9.17, 15) is 0 Å². The van der Waals surface area contributed by atoms with Crippen molar-refractivity contribution in [2.75, 3.05) is 6.54 Å². The van der Waals surface area contributed by atoms with Gasteiger partial charge in [0.1, 0.15) is 0 Å². The molecular weight excluding hydrogens is 314 g/mol. The molecule has 0 aliphatic rings. The standard InChI is InChI=1S/C12H16BrN3OS/c1-8(2)14-5-3-4-11-15-16-12(17-11)9-6-10(13)18-7-9/h6-8,14H,3-5H2,1-2H3. The van der Waals surface area contributed by atoms with Crippen LogP contribution in [0.25, 0.3) is 11.5 Å². The fourth-order valence-corrected chi connectivity index (χ4v) is 2.65. The highest BCUT2D eigenvalue weighted by Gasteiger charge is 2.09. The summed E-state index contributed by atoms with van der Waals surface area (Å²) >= 11 is 5.03. The molecule has 1 N–H and O–H groups in total. The van der Waals surface area contributed by atoms with Crippen LogP contribution in [0.15, 0.2) is 19.6 Å². The van der Waals surface area contributed by atoms with Crippen LogP contribution in [0.1, 0.15) is 26.2 Å². The maximum Gasteiger partial charge on any atom is 0.248 e. The quantitative estimate of drug-likeness (QED) is 0.824. The van der Waals surface area contributed by atoms with Gasteiger partial charge in [-0.3, -0.25) is 0 Å². The van der Waals surface area contributed by atoms with Gasteiger partial charge in [-0.1, -0.05) is 13.8 Å². The van der Waals surface area contributed by atoms with E-state index in [0.717, 1.165) is 28.7 Å². The Labute approximate surface area is 119 Å². The van der Waals surface area contributed by atoms with Crippen molar-refractivity contribution in [2.24, 2.45) is 0 Å². The van der Waals surface area contributed by atoms with Crippen LogP contribution in [0.5, 0.6) is 0 Å². The van der Waals surface area contributed by atoms with Crippen LogP contribution in [-0.4, -0.2) is 22.8 Å². The Morgan fingerprint density at radius 1 is 1.44 bits per heavy atom. The van der Waals surface area contributed by atoms with E-state index >= 15 is 0 Å². The zero-order chi connectivity index (χ0) is 13.0. The molecule has 0 saturated carbocycles. The number of aryl methyl sites for hydroxylation is 1. The molecule has 6 heteroatoms. The van der Waals surface area contributed by atoms with Crippen molar-refractivity contribution < 1.29 is 4.42 Å². The molecule has 2 heterocycles. The van der Waals surface area contributed by atoms with Gasteiger partial charge in [0.15, 0.2) is 0 Å². The Morgan fingerprint density at radius 3 is 2.94 bits per heavy atom. The van der Waals surface area contributed by atoms with Crippen LogP contribution in [0.3, 0.4) is 0 Å². The minimum absolute atomic E-state index is 0.520. The maximum atomic E-state index is 5.63. The van der Waals surface area contributed by atoms with Crippen molar-refractivity contribution in [2.45, 2.75) is 32.7 Å². The van der Waals surface area contributed by atoms with Gasteiger partial charge in [-0.05, 0) is 35.0 Å². The molecule has 98 valence electrons. The first-order valence-electron chi connectivity index (χ1n) is 5.95. The molecule has 0 bridgehead atoms. The van der Waals surface area contributed by atoms with E-state index in [4.69, 9.17) is 4.42 Å². The predicted octanol–water partition coefficient (Wildman–Crippen LogP) is 3.49. The van der Waals surface area contributed by atoms with Gasteiger partial charge in [0.25, 0.3) is 0 Å². The average molecular weight is 330 g/mol. The Morgan fingerprint density at radius 2 is 2.28 bits per heavy atom. The van der Waals surface area contributed by atoms with Gasteiger partial charge in [0.2, 0.25) is 11.8 Å². The van der Waals surface area contributed by atoms with E-state index in [1.54, 1.807) is 11.3 Å². The molecule has 0 unspecified atom stereocenters. The summed E-state index contributed by atoms with van der Waals surface area (Å²) in [5.74, 6) is 1.31. The first kappa shape index (κ1) is 13.7. The van der Waals surface area contributed by atoms with Crippen molar-refractivity contribution in [1.82, 2.24) is 15.5 Å². The minimum atomic E-state index is 0.520. The molecule has 0 spiro atoms. The van der Waals surface area contributed by atoms with Crippen LogP contribution in [0, 0.1) is 0 Å². The van der Waals surface area contributed by atoms with Crippen LogP contribution in [-0.2, 0) is 6.42 Å². The second-order valence-corrected chi connectivity index (χ2v) is 6.64. The van der Waals surface area contributed by atoms with E-state index in [1.165, 1.54) is 0 Å². The molecule has 2 rings (SSSR count). The summed E-state index contributed by atoms with van der Waals surface area (Å²) in [5, 5.41) is 13.5. The summed E-state index contributed by atoms with van der Waals surface area (Å²) < 4.78 is 6.69. The fourth-order valence-electron chi connectivity index (χ4n) is 1.52. The van der Waals surface area contributed by atoms with Crippen molar-refractivity contribution in [3.8, 4) is 11.5 Å². The summed E-state index contributed by atoms with van der Waals surface area (Å²) in [6.45, 7) is 5.25. The van der Waals surface area contributed by atoms with Gasteiger partial charge < -0.3 is 9.73 Å². The van der Waals surface area contributed by atoms with E-state index in [2.05, 4.69) is 45.3 Å². The van der Waals surface area contributed by atoms with E-state index in [0.29, 0.717) is 17.8 Å². The van der Waals surface area contributed by atoms with Crippen molar-refractivity contribution in [3.05, 3.63) is 21.1 Å². The van der Waals surface area contributed by atoms with Gasteiger partial charge in [-0.15, -0.1) is 21.5 Å². The number of halogens is 1. The largest absolute Gasteiger partial charge is 0.421 e. The summed E-state index contributed by atoms with van der Waals surface area (Å²) in [4.78, 5) is 0. The molecule has 0 fully saturated rings. The summed E-state index contributed by atoms with van der Waals surface area (Å²) in [7, 11) is 0. The van der Waals surface area contributed by atoms with Crippen molar-refractivity contribution >= 4 is 27.3 Å². The average Bonchev–Trinajstić information content (AvgIpc) is 2.93. The summed E-state index contributed by atoms with van der Waals surface area (Å²) in [6.07, 6.45) is 1.82. The highest BCUT2D eigenvalue weighted by atomic mass is 79.9. The highest BCUT2D eigenvalue weighted by molar-refractivity contribution is 9.11. The molecule has 2 aromatic rings. The van der Waals surface area contributed by atoms with E-state index < -0.39 is 0 Å². The van der Waals surface area contributed by atoms with Gasteiger partial charge >= 0.3 is 0 Å². The zero-order valence-corrected chi connectivity index (χ0v) is 12.8. The Bertz CT molecular complexity index is 495. The maximum absolute atomic E-state index is 5.63. The number of aromatic nitrogens is 2. The molecule has 0 atom stereocenters. The van der Waals surface area contributed by atoms with Crippen LogP contribution in [0.4, 0.5) is 0 Å². The number of hydrogen-bond acceptors (Lipinski definition) is 5. The molecule has 0 aliphatic heterocycles. The molecule has 4 nitrogen and oxygen atoms in total. The number of nitrogens with one attached hydrogen (secondary N) is 1. The number of thiophene rings is 1. The van der Waals surface area contributed by atoms with Gasteiger partial charge in [-0.25, -0.2) is 0 Å². The Hall–Kier alpha value is -0.720. The molecular formula is C12H16BrN3OS. The predicted molar refractivity (Wildman–Crippen MR) is 76.8 cm³/mol. The topological polar surface area (TPSA) is 51.0 Å². The zero-order valence-electron chi connectivity index (χ0n) is 10.4. The SMILES string of the molecule is CC(C)NCCCc1nnc(-c2csc(Br)c2)o1. The van der Waals surface area contributed by atoms with Gasteiger partial charge in [0, 0.05) is 17.8 Å². The second kappa shape index (κ2) is 6.45. The molecule has 0 aromatic carbocycles. The molecule has 18 heavy (non-hydrogen) atoms. The summed E-state index contributed by atoms with van der Waals surface area (Å²) in [5.41, 5.74) is 0.978. The molecule has 0 amide bonds. The monoisotopic (exact) mass is 329 g/mol. The lowest BCUT2D eigenvalue weighted by atomic mass is 10.3. The third-order valence-corrected chi connectivity index (χ3v) is 3.91. The first-order valence-corrected chi connectivity index (χ1v) is 7.62. The van der Waals surface area contributed by atoms with E-state index in [1.807, 2.05) is 11.4 Å². The first-order chi connectivity index (χ1) is 8.65. The molecule has 0 radical (unpaired) electrons. The highest BCUT2D eigenvalue weighted by Crippen LogP contribution is 2.28. The third kappa shape index (κ3) is 3.90. The number of nitrogens with zero attached hydrogens (tertiary/aromatic N) is 2.